The van der Waals surface area contributed by atoms with Crippen molar-refractivity contribution >= 4 is 22.7 Å². The van der Waals surface area contributed by atoms with Crippen molar-refractivity contribution in [2.75, 3.05) is 7.11 Å². The maximum Gasteiger partial charge on any atom is 0.379 e. The minimum absolute atomic E-state index is 0.333. The molecule has 0 saturated carbocycles. The second-order valence-electron chi connectivity index (χ2n) is 6.49. The van der Waals surface area contributed by atoms with Crippen molar-refractivity contribution in [2.24, 2.45) is 0 Å². The van der Waals surface area contributed by atoms with Gasteiger partial charge >= 0.3 is 5.97 Å². The van der Waals surface area contributed by atoms with Gasteiger partial charge in [-0.3, -0.25) is 4.79 Å². The van der Waals surface area contributed by atoms with E-state index in [0.717, 1.165) is 11.1 Å². The van der Waals surface area contributed by atoms with Crippen LogP contribution in [0, 0.1) is 0 Å². The van der Waals surface area contributed by atoms with E-state index in [1.807, 2.05) is 71.6 Å². The molecule has 2 heterocycles. The van der Waals surface area contributed by atoms with Crippen LogP contribution < -0.4 is 4.57 Å². The van der Waals surface area contributed by atoms with E-state index in [9.17, 15) is 9.59 Å². The first-order valence-corrected chi connectivity index (χ1v) is 8.94. The maximum atomic E-state index is 12.7. The molecule has 0 bridgehead atoms. The van der Waals surface area contributed by atoms with Crippen LogP contribution in [0.15, 0.2) is 79.1 Å². The molecule has 4 rings (SSSR count). The molecule has 0 spiro atoms. The van der Waals surface area contributed by atoms with Gasteiger partial charge < -0.3 is 9.72 Å². The van der Waals surface area contributed by atoms with Gasteiger partial charge in [0.15, 0.2) is 18.9 Å². The largest absolute Gasteiger partial charge is 0.463 e. The molecule has 0 radical (unpaired) electrons. The van der Waals surface area contributed by atoms with Gasteiger partial charge in [-0.15, -0.1) is 0 Å². The first-order valence-electron chi connectivity index (χ1n) is 8.94. The van der Waals surface area contributed by atoms with Crippen molar-refractivity contribution in [3.8, 4) is 11.3 Å². The Hall–Kier alpha value is -3.73. The lowest BCUT2D eigenvalue weighted by molar-refractivity contribution is -0.687. The summed E-state index contributed by atoms with van der Waals surface area (Å²) >= 11 is 0. The smallest absolute Gasteiger partial charge is 0.379 e. The van der Waals surface area contributed by atoms with Crippen LogP contribution in [0.25, 0.3) is 22.2 Å². The van der Waals surface area contributed by atoms with Gasteiger partial charge in [-0.05, 0) is 12.1 Å². The second-order valence-corrected chi connectivity index (χ2v) is 6.49. The zero-order chi connectivity index (χ0) is 19.5. The highest BCUT2D eigenvalue weighted by atomic mass is 16.5. The van der Waals surface area contributed by atoms with Gasteiger partial charge in [0.05, 0.1) is 23.9 Å². The number of aromatic amines is 1. The molecule has 0 fully saturated rings. The van der Waals surface area contributed by atoms with Gasteiger partial charge in [0.25, 0.3) is 5.78 Å². The molecular weight excluding hydrogens is 352 g/mol. The van der Waals surface area contributed by atoms with Crippen LogP contribution in [0.5, 0.6) is 0 Å². The summed E-state index contributed by atoms with van der Waals surface area (Å²) in [6.07, 6.45) is 3.94. The molecule has 0 aliphatic rings. The number of methoxy groups -OCH3 is 1. The molecule has 2 aromatic carbocycles. The third kappa shape index (κ3) is 3.30. The Bertz CT molecular complexity index is 1160. The summed E-state index contributed by atoms with van der Waals surface area (Å²) in [7, 11) is 1.21. The van der Waals surface area contributed by atoms with Gasteiger partial charge in [-0.1, -0.05) is 48.5 Å². The average Bonchev–Trinajstić information content (AvgIpc) is 3.13. The number of esters is 1. The van der Waals surface area contributed by atoms with E-state index in [-0.39, 0.29) is 0 Å². The summed E-state index contributed by atoms with van der Waals surface area (Å²) < 4.78 is 6.71. The predicted molar refractivity (Wildman–Crippen MR) is 106 cm³/mol. The Morgan fingerprint density at radius 2 is 1.71 bits per heavy atom. The van der Waals surface area contributed by atoms with Crippen molar-refractivity contribution in [1.82, 2.24) is 4.98 Å². The monoisotopic (exact) mass is 371 g/mol. The molecule has 0 aliphatic carbocycles. The van der Waals surface area contributed by atoms with E-state index in [1.165, 1.54) is 12.7 Å². The minimum atomic E-state index is -0.876. The summed E-state index contributed by atoms with van der Waals surface area (Å²) in [5, 5.41) is 0.700. The van der Waals surface area contributed by atoms with Crippen LogP contribution in [0.1, 0.15) is 15.9 Å². The average molecular weight is 371 g/mol. The Morgan fingerprint density at radius 3 is 2.50 bits per heavy atom. The number of hydrogen-bond acceptors (Lipinski definition) is 3. The van der Waals surface area contributed by atoms with Gasteiger partial charge in [0.1, 0.15) is 0 Å². The Labute approximate surface area is 162 Å². The summed E-state index contributed by atoms with van der Waals surface area (Å²) in [6.45, 7) is 0.704. The number of carbonyl (C=O) groups excluding carboxylic acids is 2. The molecule has 0 aliphatic heterocycles. The summed E-state index contributed by atoms with van der Waals surface area (Å²) in [5.41, 5.74) is 3.73. The topological polar surface area (TPSA) is 63.0 Å². The summed E-state index contributed by atoms with van der Waals surface area (Å²) in [4.78, 5) is 28.0. The van der Waals surface area contributed by atoms with E-state index < -0.39 is 11.8 Å². The lowest BCUT2D eigenvalue weighted by Gasteiger charge is -2.04. The zero-order valence-corrected chi connectivity index (χ0v) is 15.4. The molecule has 28 heavy (non-hydrogen) atoms. The number of nitrogens with one attached hydrogen (secondary N) is 1. The number of aromatic nitrogens is 2. The number of rotatable bonds is 5. The third-order valence-electron chi connectivity index (χ3n) is 4.66. The van der Waals surface area contributed by atoms with E-state index >= 15 is 0 Å². The molecule has 5 nitrogen and oxygen atoms in total. The molecule has 4 aromatic rings. The quantitative estimate of drug-likeness (QED) is 0.253. The fraction of sp³-hybridized carbons (Fsp3) is 0.0870. The maximum absolute atomic E-state index is 12.7. The number of pyridine rings is 1. The summed E-state index contributed by atoms with van der Waals surface area (Å²) in [6, 6.07) is 21.4. The van der Waals surface area contributed by atoms with Gasteiger partial charge in [0.2, 0.25) is 0 Å². The van der Waals surface area contributed by atoms with E-state index in [1.54, 1.807) is 0 Å². The highest BCUT2D eigenvalue weighted by molar-refractivity contribution is 6.44. The number of ketones is 1. The lowest BCUT2D eigenvalue weighted by atomic mass is 10.0. The molecule has 0 unspecified atom stereocenters. The normalized spacial score (nSPS) is 10.8. The van der Waals surface area contributed by atoms with Crippen molar-refractivity contribution in [1.29, 1.82) is 0 Å². The Morgan fingerprint density at radius 1 is 0.964 bits per heavy atom. The number of hydrogen-bond donors (Lipinski definition) is 1. The highest BCUT2D eigenvalue weighted by Gasteiger charge is 2.26. The standard InChI is InChI=1S/C23H18N2O3/c1-28-23(27)22(26)20-18-11-5-6-12-19(18)24-21(20)17-10-7-13-25(15-17)14-16-8-3-2-4-9-16/h2-13,15H,14H2,1H3/p+1. The van der Waals surface area contributed by atoms with Crippen molar-refractivity contribution < 1.29 is 18.9 Å². The number of carbonyl (C=O) groups is 2. The summed E-state index contributed by atoms with van der Waals surface area (Å²) in [5.74, 6) is -1.53. The van der Waals surface area contributed by atoms with Crippen LogP contribution in [0.4, 0.5) is 0 Å². The van der Waals surface area contributed by atoms with Crippen LogP contribution in [-0.4, -0.2) is 23.8 Å². The number of ether oxygens (including phenoxy) is 1. The number of benzene rings is 2. The fourth-order valence-corrected chi connectivity index (χ4v) is 3.35. The van der Waals surface area contributed by atoms with Crippen LogP contribution in [0.2, 0.25) is 0 Å². The number of fused-ring (bicyclic) bond motifs is 1. The van der Waals surface area contributed by atoms with Crippen LogP contribution in [-0.2, 0) is 16.1 Å². The Kier molecular flexibility index (Phi) is 4.72. The molecule has 0 amide bonds. The van der Waals surface area contributed by atoms with E-state index in [0.29, 0.717) is 23.2 Å². The molecule has 0 atom stereocenters. The van der Waals surface area contributed by atoms with Crippen LogP contribution in [0.3, 0.4) is 0 Å². The van der Waals surface area contributed by atoms with Crippen molar-refractivity contribution in [2.45, 2.75) is 6.54 Å². The number of H-pyrrole nitrogens is 1. The van der Waals surface area contributed by atoms with E-state index in [2.05, 4.69) is 21.9 Å². The molecular formula is C23H19N2O3+. The van der Waals surface area contributed by atoms with Crippen molar-refractivity contribution in [3.63, 3.8) is 0 Å². The van der Waals surface area contributed by atoms with Crippen LogP contribution >= 0.6 is 0 Å². The third-order valence-corrected chi connectivity index (χ3v) is 4.66. The van der Waals surface area contributed by atoms with Gasteiger partial charge in [-0.25, -0.2) is 9.36 Å². The van der Waals surface area contributed by atoms with Crippen molar-refractivity contribution in [3.05, 3.63) is 90.3 Å². The highest BCUT2D eigenvalue weighted by Crippen LogP contribution is 2.30. The Balaban J connectivity index is 1.82. The molecule has 1 N–H and O–H groups in total. The first-order chi connectivity index (χ1) is 13.7. The fourth-order valence-electron chi connectivity index (χ4n) is 3.35. The predicted octanol–water partition coefficient (Wildman–Crippen LogP) is 3.53. The lowest BCUT2D eigenvalue weighted by Crippen LogP contribution is -2.33. The first kappa shape index (κ1) is 17.7. The molecule has 0 saturated heterocycles. The second kappa shape index (κ2) is 7.48. The van der Waals surface area contributed by atoms with Gasteiger partial charge in [0, 0.05) is 22.5 Å². The van der Waals surface area contributed by atoms with E-state index in [4.69, 9.17) is 0 Å². The number of nitrogens with zero attached hydrogens (tertiary/aromatic N) is 1. The minimum Gasteiger partial charge on any atom is -0.463 e. The van der Waals surface area contributed by atoms with Gasteiger partial charge in [-0.2, -0.15) is 0 Å². The zero-order valence-electron chi connectivity index (χ0n) is 15.4. The SMILES string of the molecule is COC(=O)C(=O)c1c(-c2ccc[n+](Cc3ccccc3)c2)[nH]c2ccccc12. The molecule has 2 aromatic heterocycles. The number of para-hydroxylation sites is 1. The molecule has 5 heteroatoms. The number of Topliss-reactive ketones (excluding diaryl/α,β-unsaturated/α-hetero) is 1. The molecule has 138 valence electrons.